The van der Waals surface area contributed by atoms with Crippen LogP contribution in [0.5, 0.6) is 0 Å². The predicted molar refractivity (Wildman–Crippen MR) is 66.9 cm³/mol. The van der Waals surface area contributed by atoms with E-state index in [1.165, 1.54) is 38.6 Å². The van der Waals surface area contributed by atoms with Crippen LogP contribution in [0.3, 0.4) is 0 Å². The number of likely N-dealkylation sites (tertiary alicyclic amines) is 1. The van der Waals surface area contributed by atoms with E-state index < -0.39 is 0 Å². The molecule has 0 spiro atoms. The summed E-state index contributed by atoms with van der Waals surface area (Å²) in [7, 11) is 0. The van der Waals surface area contributed by atoms with Crippen molar-refractivity contribution in [2.24, 2.45) is 11.7 Å². The molecule has 1 rings (SSSR count). The van der Waals surface area contributed by atoms with Crippen molar-refractivity contribution in [3.63, 3.8) is 0 Å². The molecule has 0 aliphatic carbocycles. The minimum Gasteiger partial charge on any atom is -0.330 e. The van der Waals surface area contributed by atoms with Gasteiger partial charge in [0.05, 0.1) is 0 Å². The van der Waals surface area contributed by atoms with Crippen LogP contribution in [0, 0.1) is 5.92 Å². The van der Waals surface area contributed by atoms with Gasteiger partial charge in [0.25, 0.3) is 0 Å². The third-order valence-electron chi connectivity index (χ3n) is 3.85. The molecule has 2 nitrogen and oxygen atoms in total. The number of rotatable bonds is 6. The summed E-state index contributed by atoms with van der Waals surface area (Å²) in [4.78, 5) is 2.72. The Morgan fingerprint density at radius 3 is 2.73 bits per heavy atom. The third kappa shape index (κ3) is 3.76. The largest absolute Gasteiger partial charge is 0.330 e. The van der Waals surface area contributed by atoms with Crippen molar-refractivity contribution in [3.05, 3.63) is 0 Å². The minimum atomic E-state index is 0.801. The molecule has 1 heterocycles. The number of hydrogen-bond donors (Lipinski definition) is 1. The summed E-state index contributed by atoms with van der Waals surface area (Å²) < 4.78 is 0. The SMILES string of the molecule is CCC1CCC(C)N1CC(C)CCCN. The highest BCUT2D eigenvalue weighted by molar-refractivity contribution is 4.85. The Hall–Kier alpha value is -0.0800. The zero-order valence-electron chi connectivity index (χ0n) is 10.7. The lowest BCUT2D eigenvalue weighted by Crippen LogP contribution is -2.37. The first-order valence-electron chi connectivity index (χ1n) is 6.64. The summed E-state index contributed by atoms with van der Waals surface area (Å²) in [5.41, 5.74) is 5.55. The zero-order valence-corrected chi connectivity index (χ0v) is 10.7. The molecule has 0 aromatic rings. The molecule has 0 amide bonds. The standard InChI is InChI=1S/C13H28N2/c1-4-13-8-7-12(3)15(13)10-11(2)6-5-9-14/h11-13H,4-10,14H2,1-3H3. The molecule has 1 saturated heterocycles. The first-order valence-corrected chi connectivity index (χ1v) is 6.64. The molecule has 1 fully saturated rings. The van der Waals surface area contributed by atoms with Gasteiger partial charge in [0, 0.05) is 18.6 Å². The van der Waals surface area contributed by atoms with Crippen molar-refractivity contribution in [3.8, 4) is 0 Å². The van der Waals surface area contributed by atoms with Gasteiger partial charge in [-0.3, -0.25) is 4.90 Å². The quantitative estimate of drug-likeness (QED) is 0.733. The molecule has 3 atom stereocenters. The molecule has 1 aliphatic heterocycles. The third-order valence-corrected chi connectivity index (χ3v) is 3.85. The van der Waals surface area contributed by atoms with E-state index in [2.05, 4.69) is 25.7 Å². The van der Waals surface area contributed by atoms with Crippen LogP contribution in [0.25, 0.3) is 0 Å². The molecule has 2 heteroatoms. The van der Waals surface area contributed by atoms with E-state index >= 15 is 0 Å². The van der Waals surface area contributed by atoms with Gasteiger partial charge in [-0.2, -0.15) is 0 Å². The molecule has 0 aromatic heterocycles. The van der Waals surface area contributed by atoms with Gasteiger partial charge in [0.1, 0.15) is 0 Å². The Bertz CT molecular complexity index is 170. The van der Waals surface area contributed by atoms with E-state index in [-0.39, 0.29) is 0 Å². The lowest BCUT2D eigenvalue weighted by molar-refractivity contribution is 0.168. The van der Waals surface area contributed by atoms with Crippen LogP contribution in [0.15, 0.2) is 0 Å². The second-order valence-electron chi connectivity index (χ2n) is 5.22. The average Bonchev–Trinajstić information content (AvgIpc) is 2.57. The molecule has 0 bridgehead atoms. The number of nitrogens with zero attached hydrogens (tertiary/aromatic N) is 1. The Balaban J connectivity index is 2.34. The second-order valence-corrected chi connectivity index (χ2v) is 5.22. The highest BCUT2D eigenvalue weighted by Crippen LogP contribution is 2.27. The van der Waals surface area contributed by atoms with Crippen LogP contribution in [0.1, 0.15) is 52.9 Å². The van der Waals surface area contributed by atoms with E-state index in [0.717, 1.165) is 24.5 Å². The fourth-order valence-electron chi connectivity index (χ4n) is 2.81. The highest BCUT2D eigenvalue weighted by Gasteiger charge is 2.29. The van der Waals surface area contributed by atoms with Crippen LogP contribution in [-0.4, -0.2) is 30.1 Å². The van der Waals surface area contributed by atoms with E-state index in [1.54, 1.807) is 0 Å². The maximum atomic E-state index is 5.55. The van der Waals surface area contributed by atoms with Gasteiger partial charge in [-0.1, -0.05) is 13.8 Å². The van der Waals surface area contributed by atoms with Crippen molar-refractivity contribution in [1.82, 2.24) is 4.90 Å². The average molecular weight is 212 g/mol. The highest BCUT2D eigenvalue weighted by atomic mass is 15.2. The summed E-state index contributed by atoms with van der Waals surface area (Å²) in [6.45, 7) is 9.19. The van der Waals surface area contributed by atoms with Gasteiger partial charge in [-0.05, 0) is 51.5 Å². The molecule has 0 saturated carbocycles. The Kier molecular flexibility index (Phi) is 5.62. The van der Waals surface area contributed by atoms with Crippen molar-refractivity contribution < 1.29 is 0 Å². The van der Waals surface area contributed by atoms with Crippen molar-refractivity contribution in [2.75, 3.05) is 13.1 Å². The molecule has 90 valence electrons. The Morgan fingerprint density at radius 1 is 1.40 bits per heavy atom. The van der Waals surface area contributed by atoms with E-state index in [9.17, 15) is 0 Å². The summed E-state index contributed by atoms with van der Waals surface area (Å²) in [6.07, 6.45) is 6.58. The van der Waals surface area contributed by atoms with Crippen molar-refractivity contribution >= 4 is 0 Å². The smallest absolute Gasteiger partial charge is 0.00961 e. The minimum absolute atomic E-state index is 0.801. The van der Waals surface area contributed by atoms with Gasteiger partial charge >= 0.3 is 0 Å². The predicted octanol–water partition coefficient (Wildman–Crippen LogP) is 2.62. The molecule has 0 aromatic carbocycles. The van der Waals surface area contributed by atoms with Crippen LogP contribution in [0.2, 0.25) is 0 Å². The zero-order chi connectivity index (χ0) is 11.3. The van der Waals surface area contributed by atoms with E-state index in [4.69, 9.17) is 5.73 Å². The molecular formula is C13H28N2. The first-order chi connectivity index (χ1) is 7.19. The summed E-state index contributed by atoms with van der Waals surface area (Å²) in [5, 5.41) is 0. The summed E-state index contributed by atoms with van der Waals surface area (Å²) in [6, 6.07) is 1.65. The second kappa shape index (κ2) is 6.49. The maximum absolute atomic E-state index is 5.55. The maximum Gasteiger partial charge on any atom is 0.00961 e. The summed E-state index contributed by atoms with van der Waals surface area (Å²) >= 11 is 0. The van der Waals surface area contributed by atoms with Gasteiger partial charge in [0.2, 0.25) is 0 Å². The van der Waals surface area contributed by atoms with E-state index in [1.807, 2.05) is 0 Å². The molecule has 15 heavy (non-hydrogen) atoms. The van der Waals surface area contributed by atoms with Gasteiger partial charge in [-0.15, -0.1) is 0 Å². The number of nitrogens with two attached hydrogens (primary N) is 1. The Morgan fingerprint density at radius 2 is 2.13 bits per heavy atom. The monoisotopic (exact) mass is 212 g/mol. The van der Waals surface area contributed by atoms with Crippen LogP contribution >= 0.6 is 0 Å². The first kappa shape index (κ1) is 13.0. The van der Waals surface area contributed by atoms with Crippen molar-refractivity contribution in [2.45, 2.75) is 65.0 Å². The van der Waals surface area contributed by atoms with E-state index in [0.29, 0.717) is 0 Å². The lowest BCUT2D eigenvalue weighted by atomic mass is 10.0. The lowest BCUT2D eigenvalue weighted by Gasteiger charge is -2.30. The molecule has 1 aliphatic rings. The topological polar surface area (TPSA) is 29.3 Å². The molecule has 3 unspecified atom stereocenters. The van der Waals surface area contributed by atoms with Gasteiger partial charge in [0.15, 0.2) is 0 Å². The fourth-order valence-corrected chi connectivity index (χ4v) is 2.81. The fraction of sp³-hybridized carbons (Fsp3) is 1.00. The van der Waals surface area contributed by atoms with Gasteiger partial charge < -0.3 is 5.73 Å². The van der Waals surface area contributed by atoms with Crippen molar-refractivity contribution in [1.29, 1.82) is 0 Å². The van der Waals surface area contributed by atoms with Gasteiger partial charge in [-0.25, -0.2) is 0 Å². The molecular weight excluding hydrogens is 184 g/mol. The molecule has 2 N–H and O–H groups in total. The van der Waals surface area contributed by atoms with Crippen LogP contribution in [0.4, 0.5) is 0 Å². The van der Waals surface area contributed by atoms with Crippen LogP contribution in [-0.2, 0) is 0 Å². The Labute approximate surface area is 95.2 Å². The summed E-state index contributed by atoms with van der Waals surface area (Å²) in [5.74, 6) is 0.808. The number of hydrogen-bond acceptors (Lipinski definition) is 2. The van der Waals surface area contributed by atoms with Crippen LogP contribution < -0.4 is 5.73 Å². The normalized spacial score (nSPS) is 29.6. The molecule has 0 radical (unpaired) electrons.